The molecule has 0 aliphatic rings. The summed E-state index contributed by atoms with van der Waals surface area (Å²) in [5, 5.41) is 0. The van der Waals surface area contributed by atoms with E-state index in [4.69, 9.17) is 5.73 Å². The number of nitrogens with zero attached hydrogens (tertiary/aromatic N) is 1. The van der Waals surface area contributed by atoms with Crippen LogP contribution in [0.25, 0.3) is 11.3 Å². The molecule has 3 rings (SSSR count). The molecule has 128 valence electrons. The van der Waals surface area contributed by atoms with Crippen molar-refractivity contribution in [2.45, 2.75) is 20.4 Å². The average Bonchev–Trinajstić information content (AvgIpc) is 2.87. The Kier molecular flexibility index (Phi) is 4.40. The number of aryl methyl sites for hydroxylation is 1. The summed E-state index contributed by atoms with van der Waals surface area (Å²) in [5.74, 6) is -2.39. The van der Waals surface area contributed by atoms with Gasteiger partial charge in [0.25, 0.3) is 5.91 Å². The predicted molar refractivity (Wildman–Crippen MR) is 93.3 cm³/mol. The molecule has 0 fully saturated rings. The van der Waals surface area contributed by atoms with E-state index in [1.54, 1.807) is 13.0 Å². The summed E-state index contributed by atoms with van der Waals surface area (Å²) < 4.78 is 28.8. The molecule has 3 aromatic rings. The Hall–Kier alpha value is -2.95. The zero-order chi connectivity index (χ0) is 18.1. The number of nitrogens with two attached hydrogens (primary N) is 1. The summed E-state index contributed by atoms with van der Waals surface area (Å²) in [4.78, 5) is 11.7. The van der Waals surface area contributed by atoms with Crippen molar-refractivity contribution in [2.75, 3.05) is 0 Å². The maximum absolute atomic E-state index is 13.7. The van der Waals surface area contributed by atoms with Crippen molar-refractivity contribution >= 4 is 5.91 Å². The molecule has 0 aliphatic carbocycles. The van der Waals surface area contributed by atoms with E-state index in [1.165, 1.54) is 6.07 Å². The van der Waals surface area contributed by atoms with Crippen LogP contribution in [-0.2, 0) is 6.54 Å². The Morgan fingerprint density at radius 3 is 2.44 bits per heavy atom. The summed E-state index contributed by atoms with van der Waals surface area (Å²) >= 11 is 0. The van der Waals surface area contributed by atoms with Crippen molar-refractivity contribution < 1.29 is 13.6 Å². The second-order valence-corrected chi connectivity index (χ2v) is 6.10. The lowest BCUT2D eigenvalue weighted by Gasteiger charge is -2.13. The average molecular weight is 340 g/mol. The van der Waals surface area contributed by atoms with Gasteiger partial charge in [0.05, 0.1) is 5.56 Å². The van der Waals surface area contributed by atoms with Gasteiger partial charge in [-0.1, -0.05) is 29.8 Å². The van der Waals surface area contributed by atoms with Crippen LogP contribution < -0.4 is 5.73 Å². The quantitative estimate of drug-likeness (QED) is 0.760. The molecular weight excluding hydrogens is 322 g/mol. The van der Waals surface area contributed by atoms with Crippen LogP contribution >= 0.6 is 0 Å². The van der Waals surface area contributed by atoms with Gasteiger partial charge in [-0.15, -0.1) is 0 Å². The third kappa shape index (κ3) is 3.31. The second-order valence-electron chi connectivity index (χ2n) is 6.10. The van der Waals surface area contributed by atoms with E-state index in [-0.39, 0.29) is 0 Å². The Labute approximate surface area is 144 Å². The molecule has 0 aliphatic heterocycles. The van der Waals surface area contributed by atoms with Crippen LogP contribution in [0.2, 0.25) is 0 Å². The number of rotatable bonds is 4. The lowest BCUT2D eigenvalue weighted by molar-refractivity contribution is 0.0999. The maximum atomic E-state index is 13.7. The molecule has 2 N–H and O–H groups in total. The predicted octanol–water partition coefficient (Wildman–Crippen LogP) is 4.20. The number of primary amides is 1. The van der Waals surface area contributed by atoms with Gasteiger partial charge in [0.1, 0.15) is 0 Å². The molecular formula is C20H18F2N2O. The summed E-state index contributed by atoms with van der Waals surface area (Å²) in [6, 6.07) is 13.3. The molecule has 1 heterocycles. The van der Waals surface area contributed by atoms with E-state index >= 15 is 0 Å². The molecule has 0 unspecified atom stereocenters. The SMILES string of the molecule is Cc1cccc(Cn2c(-c3ccc(F)c(F)c3)cc(C(N)=O)c2C)c1. The second kappa shape index (κ2) is 6.51. The van der Waals surface area contributed by atoms with Crippen LogP contribution in [0.3, 0.4) is 0 Å². The first-order valence-corrected chi connectivity index (χ1v) is 7.87. The molecule has 0 saturated carbocycles. The molecule has 0 bridgehead atoms. The van der Waals surface area contributed by atoms with E-state index in [0.717, 1.165) is 23.3 Å². The molecule has 0 spiro atoms. The van der Waals surface area contributed by atoms with Crippen LogP contribution in [0.4, 0.5) is 8.78 Å². The number of halogens is 2. The van der Waals surface area contributed by atoms with Gasteiger partial charge in [0.2, 0.25) is 0 Å². The molecule has 1 amide bonds. The minimum absolute atomic E-state index is 0.368. The van der Waals surface area contributed by atoms with E-state index in [1.807, 2.05) is 35.8 Å². The summed E-state index contributed by atoms with van der Waals surface area (Å²) in [5.41, 5.74) is 9.78. The molecule has 2 aromatic carbocycles. The van der Waals surface area contributed by atoms with Crippen molar-refractivity contribution in [1.82, 2.24) is 4.57 Å². The van der Waals surface area contributed by atoms with Crippen LogP contribution in [0.1, 0.15) is 27.2 Å². The van der Waals surface area contributed by atoms with Gasteiger partial charge >= 0.3 is 0 Å². The van der Waals surface area contributed by atoms with Gasteiger partial charge in [-0.25, -0.2) is 8.78 Å². The highest BCUT2D eigenvalue weighted by Crippen LogP contribution is 2.28. The number of carbonyl (C=O) groups is 1. The van der Waals surface area contributed by atoms with Crippen LogP contribution in [0.15, 0.2) is 48.5 Å². The largest absolute Gasteiger partial charge is 0.366 e. The standard InChI is InChI=1S/C20H18F2N2O/c1-12-4-3-5-14(8-12)11-24-13(2)16(20(23)25)10-19(24)15-6-7-17(21)18(22)9-15/h3-10H,11H2,1-2H3,(H2,23,25). The van der Waals surface area contributed by atoms with E-state index in [0.29, 0.717) is 29.1 Å². The number of benzene rings is 2. The first-order chi connectivity index (χ1) is 11.9. The molecule has 0 atom stereocenters. The highest BCUT2D eigenvalue weighted by molar-refractivity contribution is 5.95. The number of hydrogen-bond acceptors (Lipinski definition) is 1. The van der Waals surface area contributed by atoms with Crippen LogP contribution in [-0.4, -0.2) is 10.5 Å². The Bertz CT molecular complexity index is 960. The smallest absolute Gasteiger partial charge is 0.250 e. The van der Waals surface area contributed by atoms with Gasteiger partial charge in [-0.05, 0) is 43.7 Å². The molecule has 0 radical (unpaired) electrons. The Morgan fingerprint density at radius 1 is 1.04 bits per heavy atom. The summed E-state index contributed by atoms with van der Waals surface area (Å²) in [6.07, 6.45) is 0. The molecule has 1 aromatic heterocycles. The van der Waals surface area contributed by atoms with Crippen LogP contribution in [0.5, 0.6) is 0 Å². The van der Waals surface area contributed by atoms with Gasteiger partial charge in [-0.3, -0.25) is 4.79 Å². The van der Waals surface area contributed by atoms with Crippen molar-refractivity contribution in [1.29, 1.82) is 0 Å². The Morgan fingerprint density at radius 2 is 1.80 bits per heavy atom. The van der Waals surface area contributed by atoms with E-state index < -0.39 is 17.5 Å². The summed E-state index contributed by atoms with van der Waals surface area (Å²) in [6.45, 7) is 4.28. The molecule has 5 heteroatoms. The molecule has 3 nitrogen and oxygen atoms in total. The first kappa shape index (κ1) is 16.9. The van der Waals surface area contributed by atoms with Gasteiger partial charge < -0.3 is 10.3 Å². The molecule has 0 saturated heterocycles. The Balaban J connectivity index is 2.15. The minimum Gasteiger partial charge on any atom is -0.366 e. The zero-order valence-electron chi connectivity index (χ0n) is 14.0. The molecule has 25 heavy (non-hydrogen) atoms. The van der Waals surface area contributed by atoms with Gasteiger partial charge in [-0.2, -0.15) is 0 Å². The van der Waals surface area contributed by atoms with Crippen molar-refractivity contribution in [3.05, 3.63) is 82.5 Å². The number of aromatic nitrogens is 1. The monoisotopic (exact) mass is 340 g/mol. The third-order valence-electron chi connectivity index (χ3n) is 4.27. The van der Waals surface area contributed by atoms with Gasteiger partial charge in [0, 0.05) is 23.5 Å². The highest BCUT2D eigenvalue weighted by atomic mass is 19.2. The van der Waals surface area contributed by atoms with Crippen molar-refractivity contribution in [2.24, 2.45) is 5.73 Å². The fourth-order valence-electron chi connectivity index (χ4n) is 2.99. The van der Waals surface area contributed by atoms with E-state index in [9.17, 15) is 13.6 Å². The zero-order valence-corrected chi connectivity index (χ0v) is 14.0. The normalized spacial score (nSPS) is 10.9. The first-order valence-electron chi connectivity index (χ1n) is 7.87. The highest BCUT2D eigenvalue weighted by Gasteiger charge is 2.18. The van der Waals surface area contributed by atoms with E-state index in [2.05, 4.69) is 0 Å². The fourth-order valence-corrected chi connectivity index (χ4v) is 2.99. The third-order valence-corrected chi connectivity index (χ3v) is 4.27. The number of hydrogen-bond donors (Lipinski definition) is 1. The minimum atomic E-state index is -0.931. The van der Waals surface area contributed by atoms with Crippen LogP contribution in [0, 0.1) is 25.5 Å². The topological polar surface area (TPSA) is 48.0 Å². The fraction of sp³-hybridized carbons (Fsp3) is 0.150. The lowest BCUT2D eigenvalue weighted by atomic mass is 10.1. The van der Waals surface area contributed by atoms with Crippen molar-refractivity contribution in [3.63, 3.8) is 0 Å². The van der Waals surface area contributed by atoms with Gasteiger partial charge in [0.15, 0.2) is 11.6 Å². The lowest BCUT2D eigenvalue weighted by Crippen LogP contribution is -2.12. The van der Waals surface area contributed by atoms with Crippen molar-refractivity contribution in [3.8, 4) is 11.3 Å². The maximum Gasteiger partial charge on any atom is 0.250 e. The number of carbonyl (C=O) groups excluding carboxylic acids is 1. The number of amides is 1. The summed E-state index contributed by atoms with van der Waals surface area (Å²) in [7, 11) is 0.